The maximum Gasteiger partial charge on any atom is 0.430 e. The number of nitrogens with zero attached hydrogens (tertiary/aromatic N) is 1. The third-order valence-corrected chi connectivity index (χ3v) is 6.09. The largest absolute Gasteiger partial charge is 0.430 e. The van der Waals surface area contributed by atoms with E-state index in [9.17, 15) is 36.2 Å². The van der Waals surface area contributed by atoms with Gasteiger partial charge in [-0.3, -0.25) is 4.79 Å². The molecular weight excluding hydrogens is 448 g/mol. The van der Waals surface area contributed by atoms with E-state index in [1.165, 1.54) is 11.0 Å². The molecule has 1 fully saturated rings. The highest BCUT2D eigenvalue weighted by molar-refractivity contribution is 5.86. The van der Waals surface area contributed by atoms with Crippen molar-refractivity contribution >= 4 is 5.91 Å². The lowest BCUT2D eigenvalue weighted by Gasteiger charge is -2.34. The van der Waals surface area contributed by atoms with Crippen molar-refractivity contribution < 1.29 is 36.2 Å². The molecule has 0 aromatic heterocycles. The van der Waals surface area contributed by atoms with Crippen LogP contribution in [0, 0.1) is 0 Å². The predicted octanol–water partition coefficient (Wildman–Crippen LogP) is 6.19. The molecule has 1 aromatic rings. The molecule has 1 heterocycles. The Bertz CT molecular complexity index is 945. The Balaban J connectivity index is 2.02. The first kappa shape index (κ1) is 25.1. The van der Waals surface area contributed by atoms with Crippen LogP contribution in [0.2, 0.25) is 0 Å². The third-order valence-electron chi connectivity index (χ3n) is 6.09. The van der Waals surface area contributed by atoms with Crippen LogP contribution in [-0.2, 0) is 4.79 Å². The summed E-state index contributed by atoms with van der Waals surface area (Å²) in [5.74, 6) is -0.752. The molecule has 9 heteroatoms. The molecule has 0 radical (unpaired) electrons. The van der Waals surface area contributed by atoms with E-state index in [0.29, 0.717) is 31.5 Å². The number of rotatable bonds is 4. The number of fused-ring (bicyclic) bond motifs is 1. The van der Waals surface area contributed by atoms with Crippen molar-refractivity contribution in [3.05, 3.63) is 71.0 Å². The van der Waals surface area contributed by atoms with Crippen molar-refractivity contribution in [3.8, 4) is 0 Å². The van der Waals surface area contributed by atoms with Crippen LogP contribution < -0.4 is 0 Å². The Labute approximate surface area is 188 Å². The molecule has 180 valence electrons. The number of allylic oxidation sites excluding steroid dienone is 3. The lowest BCUT2D eigenvalue weighted by Crippen LogP contribution is -2.57. The van der Waals surface area contributed by atoms with Gasteiger partial charge in [-0.1, -0.05) is 55.5 Å². The Morgan fingerprint density at radius 2 is 1.67 bits per heavy atom. The topological polar surface area (TPSA) is 40.5 Å². The van der Waals surface area contributed by atoms with Gasteiger partial charge in [0.1, 0.15) is 0 Å². The minimum absolute atomic E-state index is 0.180. The van der Waals surface area contributed by atoms with Crippen molar-refractivity contribution in [2.45, 2.75) is 62.9 Å². The summed E-state index contributed by atoms with van der Waals surface area (Å²) in [5.41, 5.74) is -4.98. The molecule has 1 aliphatic heterocycles. The van der Waals surface area contributed by atoms with E-state index in [-0.39, 0.29) is 24.3 Å². The molecule has 3 rings (SSSR count). The molecule has 0 unspecified atom stereocenters. The summed E-state index contributed by atoms with van der Waals surface area (Å²) in [5, 5.41) is 9.88. The smallest absolute Gasteiger partial charge is 0.370 e. The molecule has 0 spiro atoms. The maximum absolute atomic E-state index is 13.5. The van der Waals surface area contributed by atoms with E-state index in [4.69, 9.17) is 0 Å². The van der Waals surface area contributed by atoms with Crippen molar-refractivity contribution in [1.29, 1.82) is 0 Å². The second kappa shape index (κ2) is 9.37. The van der Waals surface area contributed by atoms with E-state index in [2.05, 4.69) is 0 Å². The number of carbonyl (C=O) groups excluding carboxylic acids is 1. The van der Waals surface area contributed by atoms with Gasteiger partial charge in [-0.25, -0.2) is 0 Å². The van der Waals surface area contributed by atoms with Gasteiger partial charge in [0.05, 0.1) is 5.92 Å². The van der Waals surface area contributed by atoms with Crippen LogP contribution in [0.1, 0.15) is 50.5 Å². The number of benzene rings is 1. The fourth-order valence-corrected chi connectivity index (χ4v) is 4.33. The maximum atomic E-state index is 13.5. The fourth-order valence-electron chi connectivity index (χ4n) is 4.33. The quantitative estimate of drug-likeness (QED) is 0.530. The Morgan fingerprint density at radius 1 is 1.03 bits per heavy atom. The number of hydrogen-bond donors (Lipinski definition) is 1. The number of hydrogen-bond acceptors (Lipinski definition) is 2. The number of halogens is 6. The minimum Gasteiger partial charge on any atom is -0.370 e. The van der Waals surface area contributed by atoms with Crippen molar-refractivity contribution in [3.63, 3.8) is 0 Å². The van der Waals surface area contributed by atoms with E-state index < -0.39 is 29.4 Å². The van der Waals surface area contributed by atoms with Crippen LogP contribution in [0.3, 0.4) is 0 Å². The predicted molar refractivity (Wildman–Crippen MR) is 111 cm³/mol. The number of aliphatic hydroxyl groups is 1. The lowest BCUT2D eigenvalue weighted by molar-refractivity contribution is -0.351. The summed E-state index contributed by atoms with van der Waals surface area (Å²) in [6, 6.07) is 9.05. The Morgan fingerprint density at radius 3 is 2.24 bits per heavy atom. The lowest BCUT2D eigenvalue weighted by atomic mass is 9.89. The van der Waals surface area contributed by atoms with Crippen molar-refractivity contribution in [2.75, 3.05) is 6.54 Å². The van der Waals surface area contributed by atoms with Crippen LogP contribution >= 0.6 is 0 Å². The summed E-state index contributed by atoms with van der Waals surface area (Å²) in [4.78, 5) is 14.9. The van der Waals surface area contributed by atoms with Gasteiger partial charge in [0.15, 0.2) is 0 Å². The molecule has 0 saturated carbocycles. The van der Waals surface area contributed by atoms with Gasteiger partial charge in [-0.2, -0.15) is 26.3 Å². The first-order valence-electron chi connectivity index (χ1n) is 10.8. The highest BCUT2D eigenvalue weighted by Crippen LogP contribution is 2.49. The molecule has 1 amide bonds. The normalized spacial score (nSPS) is 18.9. The summed E-state index contributed by atoms with van der Waals surface area (Å²) in [6.07, 6.45) is -7.54. The monoisotopic (exact) mass is 473 g/mol. The van der Waals surface area contributed by atoms with Gasteiger partial charge in [-0.15, -0.1) is 0 Å². The van der Waals surface area contributed by atoms with Crippen LogP contribution in [0.15, 0.2) is 65.4 Å². The Kier molecular flexibility index (Phi) is 7.12. The van der Waals surface area contributed by atoms with Crippen molar-refractivity contribution in [2.24, 2.45) is 0 Å². The molecule has 1 aromatic carbocycles. The molecule has 3 nitrogen and oxygen atoms in total. The fraction of sp³-hybridized carbons (Fsp3) is 0.458. The highest BCUT2D eigenvalue weighted by atomic mass is 19.4. The number of carbonyl (C=O) groups is 1. The zero-order valence-electron chi connectivity index (χ0n) is 18.0. The van der Waals surface area contributed by atoms with Crippen molar-refractivity contribution in [1.82, 2.24) is 4.90 Å². The van der Waals surface area contributed by atoms with Crippen LogP contribution in [0.5, 0.6) is 0 Å². The summed E-state index contributed by atoms with van der Waals surface area (Å²) >= 11 is 0. The van der Waals surface area contributed by atoms with Gasteiger partial charge >= 0.3 is 12.4 Å². The second-order valence-electron chi connectivity index (χ2n) is 8.18. The summed E-state index contributed by atoms with van der Waals surface area (Å²) in [7, 11) is 0. The average molecular weight is 473 g/mol. The molecule has 2 aliphatic rings. The van der Waals surface area contributed by atoms with Gasteiger partial charge in [-0.05, 0) is 48.8 Å². The zero-order chi connectivity index (χ0) is 24.4. The third kappa shape index (κ3) is 4.74. The molecular formula is C24H25F6NO2. The van der Waals surface area contributed by atoms with E-state index >= 15 is 0 Å². The molecule has 33 heavy (non-hydrogen) atoms. The van der Waals surface area contributed by atoms with Crippen LogP contribution in [0.25, 0.3) is 0 Å². The van der Waals surface area contributed by atoms with Gasteiger partial charge in [0.2, 0.25) is 5.91 Å². The number of alkyl halides is 6. The van der Waals surface area contributed by atoms with Gasteiger partial charge in [0.25, 0.3) is 5.60 Å². The molecule has 0 bridgehead atoms. The summed E-state index contributed by atoms with van der Waals surface area (Å²) in [6.45, 7) is 2.15. The average Bonchev–Trinajstić information content (AvgIpc) is 3.06. The molecule has 1 aliphatic carbocycles. The highest BCUT2D eigenvalue weighted by Gasteiger charge is 2.71. The van der Waals surface area contributed by atoms with E-state index in [1.54, 1.807) is 12.1 Å². The van der Waals surface area contributed by atoms with Gasteiger partial charge < -0.3 is 10.0 Å². The standard InChI is InChI=1S/C24H25F6NO2/c1-2-19(16-9-4-3-5-10-16)21(32)31-14-7-6-11-17-15-18(12-8-13-20(17)31)22(33,23(25,26)27)24(28,29)30/h3-5,9-10,12-13,15,19,33H,2,6-8,11,14H2,1H3/t19-/m1/s1. The van der Waals surface area contributed by atoms with Crippen LogP contribution in [-0.4, -0.2) is 40.4 Å². The number of amides is 1. The molecule has 1 N–H and O–H groups in total. The zero-order valence-corrected chi connectivity index (χ0v) is 18.0. The van der Waals surface area contributed by atoms with Crippen LogP contribution in [0.4, 0.5) is 26.3 Å². The van der Waals surface area contributed by atoms with E-state index in [1.807, 2.05) is 25.1 Å². The van der Waals surface area contributed by atoms with Gasteiger partial charge in [0, 0.05) is 12.2 Å². The molecule has 1 atom stereocenters. The first-order chi connectivity index (χ1) is 15.4. The first-order valence-corrected chi connectivity index (χ1v) is 10.8. The SMILES string of the molecule is CC[C@@H](C(=O)N1CCCCC2=CC(C(O)(C(F)(F)F)C(F)(F)F)=CCC=C21)c1ccccc1. The second-order valence-corrected chi connectivity index (χ2v) is 8.18. The number of likely N-dealkylation sites (tertiary alicyclic amines) is 1. The summed E-state index contributed by atoms with van der Waals surface area (Å²) < 4.78 is 80.7. The molecule has 1 saturated heterocycles. The Hall–Kier alpha value is -2.55. The minimum atomic E-state index is -5.96. The van der Waals surface area contributed by atoms with E-state index in [0.717, 1.165) is 17.7 Å².